The van der Waals surface area contributed by atoms with Gasteiger partial charge in [0.1, 0.15) is 6.04 Å². The Bertz CT molecular complexity index is 1150. The normalized spacial score (nSPS) is 30.5. The highest BCUT2D eigenvalue weighted by molar-refractivity contribution is 8.02. The van der Waals surface area contributed by atoms with Gasteiger partial charge in [0.05, 0.1) is 23.2 Å². The third-order valence-electron chi connectivity index (χ3n) is 8.70. The number of nitrogens with zero attached hydrogens (tertiary/aromatic N) is 3. The number of thioether (sulfide) groups is 1. The Morgan fingerprint density at radius 2 is 1.82 bits per heavy atom. The molecule has 0 aliphatic carbocycles. The number of aliphatic hydroxyl groups excluding tert-OH is 1. The maximum atomic E-state index is 14.5. The molecule has 8 nitrogen and oxygen atoms in total. The van der Waals surface area contributed by atoms with Crippen molar-refractivity contribution in [3.63, 3.8) is 0 Å². The number of benzene rings is 1. The van der Waals surface area contributed by atoms with Crippen LogP contribution < -0.4 is 9.80 Å². The number of aliphatic hydroxyl groups is 1. The van der Waals surface area contributed by atoms with Crippen LogP contribution in [-0.4, -0.2) is 83.2 Å². The van der Waals surface area contributed by atoms with Crippen LogP contribution in [0.3, 0.4) is 0 Å². The van der Waals surface area contributed by atoms with E-state index in [4.69, 9.17) is 4.74 Å². The van der Waals surface area contributed by atoms with Gasteiger partial charge in [-0.3, -0.25) is 14.4 Å². The zero-order valence-electron chi connectivity index (χ0n) is 23.5. The summed E-state index contributed by atoms with van der Waals surface area (Å²) < 4.78 is 4.79. The SMILES string of the molecule is CCN(CC)c1ccc(N2CC=C[C@]34S[C@@H]5/C=C\CCCOC(=O)[C@@H]5[C@H]3C(=O)N(CCCCCO)C4C2=O)cc1. The minimum atomic E-state index is -0.848. The van der Waals surface area contributed by atoms with Crippen molar-refractivity contribution in [3.8, 4) is 0 Å². The Balaban J connectivity index is 1.52. The third kappa shape index (κ3) is 5.07. The second-order valence-corrected chi connectivity index (χ2v) is 12.4. The fraction of sp³-hybridized carbons (Fsp3) is 0.581. The molecule has 1 unspecified atom stereocenters. The van der Waals surface area contributed by atoms with Crippen LogP contribution in [0.5, 0.6) is 0 Å². The molecule has 1 aromatic rings. The molecule has 0 saturated carbocycles. The number of esters is 1. The van der Waals surface area contributed by atoms with E-state index in [1.165, 1.54) is 0 Å². The van der Waals surface area contributed by atoms with Gasteiger partial charge in [-0.1, -0.05) is 24.3 Å². The third-order valence-corrected chi connectivity index (χ3v) is 10.4. The van der Waals surface area contributed by atoms with Crippen molar-refractivity contribution in [1.29, 1.82) is 0 Å². The van der Waals surface area contributed by atoms with Gasteiger partial charge in [-0.05, 0) is 70.2 Å². The molecule has 9 heteroatoms. The standard InChI is InChI=1S/C31H41N3O5S/c1-3-32(4-2)22-13-15-23(16-14-22)33-19-11-17-31-26(25-24(40-31)12-7-5-10-21-39-30(25)38)28(36)34(27(31)29(33)37)18-8-6-9-20-35/h7,11-17,24-27,35H,3-6,8-10,18-21H2,1-2H3/b12-7-/t24-,25+,26+,27?,31+/m1/s1. The Kier molecular flexibility index (Phi) is 8.90. The maximum Gasteiger partial charge on any atom is 0.311 e. The summed E-state index contributed by atoms with van der Waals surface area (Å²) in [7, 11) is 0. The first-order valence-corrected chi connectivity index (χ1v) is 15.6. The van der Waals surface area contributed by atoms with Gasteiger partial charge in [0.25, 0.3) is 5.91 Å². The molecule has 1 aromatic carbocycles. The summed E-state index contributed by atoms with van der Waals surface area (Å²) in [6.45, 7) is 7.29. The van der Waals surface area contributed by atoms with Crippen molar-refractivity contribution in [2.75, 3.05) is 49.2 Å². The van der Waals surface area contributed by atoms with Gasteiger partial charge in [0, 0.05) is 49.4 Å². The van der Waals surface area contributed by atoms with E-state index < -0.39 is 22.6 Å². The van der Waals surface area contributed by atoms with Gasteiger partial charge >= 0.3 is 5.97 Å². The lowest BCUT2D eigenvalue weighted by Gasteiger charge is -2.35. The van der Waals surface area contributed by atoms with Gasteiger partial charge in [-0.15, -0.1) is 11.8 Å². The lowest BCUT2D eigenvalue weighted by molar-refractivity contribution is -0.153. The quantitative estimate of drug-likeness (QED) is 0.276. The molecule has 4 aliphatic rings. The summed E-state index contributed by atoms with van der Waals surface area (Å²) in [6, 6.07) is 7.34. The van der Waals surface area contributed by atoms with Gasteiger partial charge < -0.3 is 24.5 Å². The highest BCUT2D eigenvalue weighted by Crippen LogP contribution is 2.60. The molecule has 1 spiro atoms. The number of fused-ring (bicyclic) bond motifs is 2. The predicted octanol–water partition coefficient (Wildman–Crippen LogP) is 3.79. The summed E-state index contributed by atoms with van der Waals surface area (Å²) in [5.41, 5.74) is 1.90. The summed E-state index contributed by atoms with van der Waals surface area (Å²) in [5, 5.41) is 9.04. The highest BCUT2D eigenvalue weighted by Gasteiger charge is 2.70. The average Bonchev–Trinajstić information content (AvgIpc) is 3.37. The molecule has 216 valence electrons. The highest BCUT2D eigenvalue weighted by atomic mass is 32.2. The molecule has 5 atom stereocenters. The average molecular weight is 568 g/mol. The molecule has 1 N–H and O–H groups in total. The second-order valence-electron chi connectivity index (χ2n) is 10.9. The number of rotatable bonds is 9. The van der Waals surface area contributed by atoms with Crippen LogP contribution in [-0.2, 0) is 19.1 Å². The summed E-state index contributed by atoms with van der Waals surface area (Å²) in [6.07, 6.45) is 11.8. The second kappa shape index (κ2) is 12.4. The Morgan fingerprint density at radius 3 is 2.55 bits per heavy atom. The fourth-order valence-corrected chi connectivity index (χ4v) is 8.73. The molecule has 5 rings (SSSR count). The first-order valence-electron chi connectivity index (χ1n) is 14.7. The van der Waals surface area contributed by atoms with Crippen LogP contribution in [0.2, 0.25) is 0 Å². The van der Waals surface area contributed by atoms with E-state index >= 15 is 0 Å². The number of cyclic esters (lactones) is 1. The molecular formula is C31H41N3O5S. The number of amides is 2. The molecule has 0 aromatic heterocycles. The number of anilines is 2. The number of unbranched alkanes of at least 4 members (excludes halogenated alkanes) is 2. The van der Waals surface area contributed by atoms with E-state index in [2.05, 4.69) is 30.9 Å². The molecule has 2 saturated heterocycles. The minimum Gasteiger partial charge on any atom is -0.465 e. The van der Waals surface area contributed by atoms with Crippen molar-refractivity contribution in [2.45, 2.75) is 62.0 Å². The first kappa shape index (κ1) is 28.7. The number of hydrogen-bond donors (Lipinski definition) is 1. The van der Waals surface area contributed by atoms with Gasteiger partial charge in [0.2, 0.25) is 5.91 Å². The van der Waals surface area contributed by atoms with Crippen LogP contribution in [0.25, 0.3) is 0 Å². The van der Waals surface area contributed by atoms with E-state index in [0.717, 1.165) is 43.7 Å². The van der Waals surface area contributed by atoms with Crippen LogP contribution in [0, 0.1) is 11.8 Å². The van der Waals surface area contributed by atoms with Gasteiger partial charge in [-0.2, -0.15) is 0 Å². The zero-order valence-corrected chi connectivity index (χ0v) is 24.4. The van der Waals surface area contributed by atoms with Gasteiger partial charge in [0.15, 0.2) is 0 Å². The zero-order chi connectivity index (χ0) is 28.3. The lowest BCUT2D eigenvalue weighted by Crippen LogP contribution is -2.53. The first-order chi connectivity index (χ1) is 19.5. The molecule has 0 radical (unpaired) electrons. The Morgan fingerprint density at radius 1 is 1.05 bits per heavy atom. The Labute approximate surface area is 241 Å². The van der Waals surface area contributed by atoms with Crippen molar-refractivity contribution >= 4 is 40.9 Å². The Hall–Kier alpha value is -2.78. The fourth-order valence-electron chi connectivity index (χ4n) is 6.73. The van der Waals surface area contributed by atoms with E-state index in [-0.39, 0.29) is 29.6 Å². The molecular weight excluding hydrogens is 526 g/mol. The smallest absolute Gasteiger partial charge is 0.311 e. The van der Waals surface area contributed by atoms with E-state index in [1.807, 2.05) is 36.4 Å². The molecule has 4 aliphatic heterocycles. The molecule has 2 fully saturated rings. The molecule has 2 amide bonds. The van der Waals surface area contributed by atoms with E-state index in [9.17, 15) is 19.5 Å². The summed E-state index contributed by atoms with van der Waals surface area (Å²) in [4.78, 5) is 47.8. The van der Waals surface area contributed by atoms with Crippen LogP contribution >= 0.6 is 11.8 Å². The maximum absolute atomic E-state index is 14.5. The number of ether oxygens (including phenoxy) is 1. The predicted molar refractivity (Wildman–Crippen MR) is 158 cm³/mol. The summed E-state index contributed by atoms with van der Waals surface area (Å²) in [5.74, 6) is -1.89. The van der Waals surface area contributed by atoms with Crippen LogP contribution in [0.15, 0.2) is 48.6 Å². The minimum absolute atomic E-state index is 0.0979. The number of hydrogen-bond acceptors (Lipinski definition) is 7. The summed E-state index contributed by atoms with van der Waals surface area (Å²) >= 11 is 1.58. The number of carbonyl (C=O) groups is 3. The van der Waals surface area contributed by atoms with E-state index in [0.29, 0.717) is 32.5 Å². The molecule has 0 bridgehead atoms. The van der Waals surface area contributed by atoms with E-state index in [1.54, 1.807) is 21.6 Å². The van der Waals surface area contributed by atoms with Crippen LogP contribution in [0.1, 0.15) is 46.0 Å². The van der Waals surface area contributed by atoms with Gasteiger partial charge in [-0.25, -0.2) is 0 Å². The monoisotopic (exact) mass is 567 g/mol. The largest absolute Gasteiger partial charge is 0.465 e. The number of carbonyl (C=O) groups excluding carboxylic acids is 3. The number of allylic oxidation sites excluding steroid dienone is 1. The van der Waals surface area contributed by atoms with Crippen molar-refractivity contribution < 1.29 is 24.2 Å². The van der Waals surface area contributed by atoms with Crippen molar-refractivity contribution in [3.05, 3.63) is 48.6 Å². The number of likely N-dealkylation sites (tertiary alicyclic amines) is 1. The molecule has 4 heterocycles. The molecule has 40 heavy (non-hydrogen) atoms. The lowest BCUT2D eigenvalue weighted by atomic mass is 9.78. The van der Waals surface area contributed by atoms with Crippen molar-refractivity contribution in [1.82, 2.24) is 4.90 Å². The van der Waals surface area contributed by atoms with Crippen LogP contribution in [0.4, 0.5) is 11.4 Å². The topological polar surface area (TPSA) is 90.4 Å². The van der Waals surface area contributed by atoms with Crippen molar-refractivity contribution in [2.24, 2.45) is 11.8 Å².